The fraction of sp³-hybridized carbons (Fsp3) is 0.647. The molecule has 0 aliphatic heterocycles. The van der Waals surface area contributed by atoms with E-state index in [2.05, 4.69) is 26.0 Å². The topological polar surface area (TPSA) is 44.5 Å². The van der Waals surface area contributed by atoms with Gasteiger partial charge in [-0.1, -0.05) is 12.1 Å². The first-order valence-electron chi connectivity index (χ1n) is 7.31. The minimum absolute atomic E-state index is 0.116. The molecule has 1 aromatic rings. The van der Waals surface area contributed by atoms with Gasteiger partial charge in [-0.2, -0.15) is 0 Å². The summed E-state index contributed by atoms with van der Waals surface area (Å²) in [5.41, 5.74) is 9.34. The highest BCUT2D eigenvalue weighted by Gasteiger charge is 2.11. The smallest absolute Gasteiger partial charge is 0.125 e. The first-order chi connectivity index (χ1) is 9.19. The van der Waals surface area contributed by atoms with E-state index in [-0.39, 0.29) is 11.6 Å². The molecule has 0 aromatic heterocycles. The third-order valence-electron chi connectivity index (χ3n) is 2.94. The molecular weight excluding hydrogens is 250 g/mol. The molecular formula is C17H29NO2. The van der Waals surface area contributed by atoms with Gasteiger partial charge in [0.05, 0.1) is 12.2 Å². The van der Waals surface area contributed by atoms with Gasteiger partial charge in [0.2, 0.25) is 0 Å². The fourth-order valence-corrected chi connectivity index (χ4v) is 2.25. The second-order valence-corrected chi connectivity index (χ2v) is 6.55. The highest BCUT2D eigenvalue weighted by atomic mass is 16.5. The first kappa shape index (κ1) is 17.0. The number of nitrogens with two attached hydrogens (primary N) is 1. The van der Waals surface area contributed by atoms with Crippen LogP contribution in [0.25, 0.3) is 0 Å². The van der Waals surface area contributed by atoms with Crippen molar-refractivity contribution in [3.63, 3.8) is 0 Å². The third-order valence-corrected chi connectivity index (χ3v) is 2.94. The Hall–Kier alpha value is -1.06. The summed E-state index contributed by atoms with van der Waals surface area (Å²) in [6.45, 7) is 13.5. The second-order valence-electron chi connectivity index (χ2n) is 6.55. The Morgan fingerprint density at radius 3 is 2.10 bits per heavy atom. The fourth-order valence-electron chi connectivity index (χ4n) is 2.25. The maximum absolute atomic E-state index is 5.87. The lowest BCUT2D eigenvalue weighted by molar-refractivity contribution is -0.0164. The van der Waals surface area contributed by atoms with Gasteiger partial charge in [0.1, 0.15) is 12.4 Å². The second kappa shape index (κ2) is 7.09. The van der Waals surface area contributed by atoms with Gasteiger partial charge in [0.15, 0.2) is 0 Å². The SMILES string of the molecule is Cc1cc(CC(C)N)cc(C)c1OCCOC(C)(C)C. The molecule has 2 N–H and O–H groups in total. The Bertz CT molecular complexity index is 410. The van der Waals surface area contributed by atoms with Gasteiger partial charge in [-0.05, 0) is 64.7 Å². The maximum atomic E-state index is 5.87. The average molecular weight is 279 g/mol. The van der Waals surface area contributed by atoms with E-state index in [4.69, 9.17) is 15.2 Å². The van der Waals surface area contributed by atoms with Gasteiger partial charge in [-0.3, -0.25) is 0 Å². The zero-order valence-corrected chi connectivity index (χ0v) is 13.7. The molecule has 0 heterocycles. The van der Waals surface area contributed by atoms with Gasteiger partial charge >= 0.3 is 0 Å². The number of hydrogen-bond donors (Lipinski definition) is 1. The summed E-state index contributed by atoms with van der Waals surface area (Å²) < 4.78 is 11.5. The molecule has 3 heteroatoms. The molecule has 1 unspecified atom stereocenters. The molecule has 0 aliphatic rings. The molecule has 114 valence electrons. The predicted octanol–water partition coefficient (Wildman–Crippen LogP) is 3.39. The standard InChI is InChI=1S/C17H29NO2/c1-12-9-15(11-14(3)18)10-13(2)16(12)19-7-8-20-17(4,5)6/h9-10,14H,7-8,11,18H2,1-6H3. The summed E-state index contributed by atoms with van der Waals surface area (Å²) in [5.74, 6) is 0.968. The Kier molecular flexibility index (Phi) is 6.03. The lowest BCUT2D eigenvalue weighted by Crippen LogP contribution is -2.22. The summed E-state index contributed by atoms with van der Waals surface area (Å²) in [7, 11) is 0. The molecule has 0 spiro atoms. The van der Waals surface area contributed by atoms with Gasteiger partial charge in [0.25, 0.3) is 0 Å². The van der Waals surface area contributed by atoms with Gasteiger partial charge < -0.3 is 15.2 Å². The lowest BCUT2D eigenvalue weighted by atomic mass is 10.0. The van der Waals surface area contributed by atoms with Crippen LogP contribution in [0.3, 0.4) is 0 Å². The molecule has 0 fully saturated rings. The van der Waals surface area contributed by atoms with E-state index in [1.165, 1.54) is 5.56 Å². The monoisotopic (exact) mass is 279 g/mol. The largest absolute Gasteiger partial charge is 0.491 e. The van der Waals surface area contributed by atoms with Crippen molar-refractivity contribution in [3.8, 4) is 5.75 Å². The normalized spacial score (nSPS) is 13.3. The van der Waals surface area contributed by atoms with Crippen molar-refractivity contribution < 1.29 is 9.47 Å². The van der Waals surface area contributed by atoms with Crippen LogP contribution in [0.2, 0.25) is 0 Å². The van der Waals surface area contributed by atoms with Gasteiger partial charge in [0, 0.05) is 6.04 Å². The highest BCUT2D eigenvalue weighted by Crippen LogP contribution is 2.25. The highest BCUT2D eigenvalue weighted by molar-refractivity contribution is 5.43. The average Bonchev–Trinajstić information content (AvgIpc) is 2.24. The van der Waals surface area contributed by atoms with Crippen LogP contribution in [0.5, 0.6) is 5.75 Å². The number of benzene rings is 1. The first-order valence-corrected chi connectivity index (χ1v) is 7.31. The van der Waals surface area contributed by atoms with Gasteiger partial charge in [-0.15, -0.1) is 0 Å². The van der Waals surface area contributed by atoms with Crippen molar-refractivity contribution in [2.24, 2.45) is 5.73 Å². The van der Waals surface area contributed by atoms with E-state index < -0.39 is 0 Å². The summed E-state index contributed by atoms with van der Waals surface area (Å²) in [4.78, 5) is 0. The molecule has 1 atom stereocenters. The lowest BCUT2D eigenvalue weighted by Gasteiger charge is -2.20. The van der Waals surface area contributed by atoms with Gasteiger partial charge in [-0.25, -0.2) is 0 Å². The zero-order chi connectivity index (χ0) is 15.3. The summed E-state index contributed by atoms with van der Waals surface area (Å²) in [5, 5.41) is 0. The van der Waals surface area contributed by atoms with E-state index in [1.54, 1.807) is 0 Å². The van der Waals surface area contributed by atoms with Crippen molar-refractivity contribution >= 4 is 0 Å². The Morgan fingerprint density at radius 1 is 1.10 bits per heavy atom. The van der Waals surface area contributed by atoms with E-state index >= 15 is 0 Å². The molecule has 0 radical (unpaired) electrons. The zero-order valence-electron chi connectivity index (χ0n) is 13.7. The van der Waals surface area contributed by atoms with Crippen LogP contribution in [0, 0.1) is 13.8 Å². The molecule has 3 nitrogen and oxygen atoms in total. The van der Waals surface area contributed by atoms with Crippen molar-refractivity contribution in [2.45, 2.75) is 59.6 Å². The van der Waals surface area contributed by atoms with Crippen LogP contribution in [0.15, 0.2) is 12.1 Å². The number of hydrogen-bond acceptors (Lipinski definition) is 3. The molecule has 0 saturated carbocycles. The van der Waals surface area contributed by atoms with E-state index in [9.17, 15) is 0 Å². The summed E-state index contributed by atoms with van der Waals surface area (Å²) in [6, 6.07) is 4.51. The molecule has 0 saturated heterocycles. The van der Waals surface area contributed by atoms with Crippen molar-refractivity contribution in [1.29, 1.82) is 0 Å². The van der Waals surface area contributed by atoms with Crippen LogP contribution in [0.4, 0.5) is 0 Å². The summed E-state index contributed by atoms with van der Waals surface area (Å²) in [6.07, 6.45) is 0.898. The predicted molar refractivity (Wildman–Crippen MR) is 84.5 cm³/mol. The maximum Gasteiger partial charge on any atom is 0.125 e. The van der Waals surface area contributed by atoms with Crippen LogP contribution < -0.4 is 10.5 Å². The number of aryl methyl sites for hydroxylation is 2. The molecule has 0 aliphatic carbocycles. The van der Waals surface area contributed by atoms with Crippen molar-refractivity contribution in [3.05, 3.63) is 28.8 Å². The quantitative estimate of drug-likeness (QED) is 0.812. The molecule has 1 rings (SSSR count). The van der Waals surface area contributed by atoms with Crippen LogP contribution in [-0.2, 0) is 11.2 Å². The Morgan fingerprint density at radius 2 is 1.65 bits per heavy atom. The van der Waals surface area contributed by atoms with E-state index in [0.29, 0.717) is 13.2 Å². The van der Waals surface area contributed by atoms with Crippen molar-refractivity contribution in [1.82, 2.24) is 0 Å². The minimum Gasteiger partial charge on any atom is -0.491 e. The molecule has 20 heavy (non-hydrogen) atoms. The minimum atomic E-state index is -0.116. The molecule has 0 amide bonds. The van der Waals surface area contributed by atoms with E-state index in [1.807, 2.05) is 27.7 Å². The Labute approximate surface area is 123 Å². The Balaban J connectivity index is 2.62. The summed E-state index contributed by atoms with van der Waals surface area (Å²) >= 11 is 0. The molecule has 1 aromatic carbocycles. The number of rotatable bonds is 6. The van der Waals surface area contributed by atoms with Crippen LogP contribution in [-0.4, -0.2) is 24.9 Å². The third kappa shape index (κ3) is 5.93. The van der Waals surface area contributed by atoms with Crippen molar-refractivity contribution in [2.75, 3.05) is 13.2 Å². The van der Waals surface area contributed by atoms with Crippen LogP contribution >= 0.6 is 0 Å². The number of ether oxygens (including phenoxy) is 2. The van der Waals surface area contributed by atoms with Crippen LogP contribution in [0.1, 0.15) is 44.4 Å². The van der Waals surface area contributed by atoms with E-state index in [0.717, 1.165) is 23.3 Å². The molecule has 0 bridgehead atoms.